The predicted octanol–water partition coefficient (Wildman–Crippen LogP) is 2.98. The molecule has 0 heterocycles. The van der Waals surface area contributed by atoms with Crippen LogP contribution in [0.3, 0.4) is 0 Å². The van der Waals surface area contributed by atoms with E-state index >= 15 is 0 Å². The Morgan fingerprint density at radius 1 is 1.38 bits per heavy atom. The van der Waals surface area contributed by atoms with E-state index in [1.54, 1.807) is 12.1 Å². The third-order valence-corrected chi connectivity index (χ3v) is 3.66. The SMILES string of the molecule is CC(CCCN)C(=O)Nc1ccc(N(C)C(C)C)c(F)c1. The molecule has 0 aliphatic heterocycles. The first-order chi connectivity index (χ1) is 9.86. The van der Waals surface area contributed by atoms with E-state index in [0.29, 0.717) is 17.9 Å². The number of hydrogen-bond acceptors (Lipinski definition) is 3. The average Bonchev–Trinajstić information content (AvgIpc) is 2.44. The zero-order valence-electron chi connectivity index (χ0n) is 13.3. The fourth-order valence-corrected chi connectivity index (χ4v) is 1.97. The number of anilines is 2. The van der Waals surface area contributed by atoms with E-state index in [9.17, 15) is 9.18 Å². The number of hydrogen-bond donors (Lipinski definition) is 2. The van der Waals surface area contributed by atoms with Crippen LogP contribution in [0.1, 0.15) is 33.6 Å². The molecule has 5 heteroatoms. The summed E-state index contributed by atoms with van der Waals surface area (Å²) in [5.74, 6) is -0.568. The van der Waals surface area contributed by atoms with Crippen molar-refractivity contribution in [3.05, 3.63) is 24.0 Å². The van der Waals surface area contributed by atoms with Crippen LogP contribution in [0.15, 0.2) is 18.2 Å². The summed E-state index contributed by atoms with van der Waals surface area (Å²) in [6, 6.07) is 4.98. The van der Waals surface area contributed by atoms with Crippen LogP contribution in [0, 0.1) is 11.7 Å². The predicted molar refractivity (Wildman–Crippen MR) is 86.0 cm³/mol. The maximum absolute atomic E-state index is 14.1. The topological polar surface area (TPSA) is 58.4 Å². The van der Waals surface area contributed by atoms with Gasteiger partial charge >= 0.3 is 0 Å². The molecule has 1 aromatic rings. The highest BCUT2D eigenvalue weighted by Gasteiger charge is 2.15. The fourth-order valence-electron chi connectivity index (χ4n) is 1.97. The molecule has 0 aliphatic rings. The van der Waals surface area contributed by atoms with Crippen molar-refractivity contribution in [2.24, 2.45) is 11.7 Å². The van der Waals surface area contributed by atoms with E-state index < -0.39 is 0 Å². The Kier molecular flexibility index (Phi) is 6.62. The van der Waals surface area contributed by atoms with Crippen molar-refractivity contribution in [1.29, 1.82) is 0 Å². The van der Waals surface area contributed by atoms with E-state index in [1.165, 1.54) is 6.07 Å². The normalized spacial score (nSPS) is 12.3. The van der Waals surface area contributed by atoms with Gasteiger partial charge in [-0.15, -0.1) is 0 Å². The Balaban J connectivity index is 2.74. The van der Waals surface area contributed by atoms with Gasteiger partial charge in [0, 0.05) is 24.7 Å². The van der Waals surface area contributed by atoms with Crippen LogP contribution in [0.5, 0.6) is 0 Å². The molecule has 1 aromatic carbocycles. The lowest BCUT2D eigenvalue weighted by atomic mass is 10.0. The number of amides is 1. The van der Waals surface area contributed by atoms with Gasteiger partial charge in [-0.2, -0.15) is 0 Å². The Morgan fingerprint density at radius 2 is 2.05 bits per heavy atom. The first-order valence-electron chi connectivity index (χ1n) is 7.40. The summed E-state index contributed by atoms with van der Waals surface area (Å²) in [6.07, 6.45) is 1.54. The first-order valence-corrected chi connectivity index (χ1v) is 7.40. The number of benzene rings is 1. The summed E-state index contributed by atoms with van der Waals surface area (Å²) in [6.45, 7) is 6.41. The van der Waals surface area contributed by atoms with Gasteiger partial charge in [-0.3, -0.25) is 4.79 Å². The lowest BCUT2D eigenvalue weighted by Gasteiger charge is -2.24. The summed E-state index contributed by atoms with van der Waals surface area (Å²) in [4.78, 5) is 13.8. The maximum atomic E-state index is 14.1. The van der Waals surface area contributed by atoms with Crippen molar-refractivity contribution >= 4 is 17.3 Å². The van der Waals surface area contributed by atoms with Crippen LogP contribution in [0.4, 0.5) is 15.8 Å². The molecular formula is C16H26FN3O. The molecule has 0 aromatic heterocycles. The largest absolute Gasteiger partial charge is 0.370 e. The monoisotopic (exact) mass is 295 g/mol. The minimum absolute atomic E-state index is 0.104. The minimum Gasteiger partial charge on any atom is -0.370 e. The third-order valence-electron chi connectivity index (χ3n) is 3.66. The Bertz CT molecular complexity index is 477. The van der Waals surface area contributed by atoms with Gasteiger partial charge in [-0.25, -0.2) is 4.39 Å². The van der Waals surface area contributed by atoms with Crippen molar-refractivity contribution in [2.45, 2.75) is 39.7 Å². The second-order valence-electron chi connectivity index (χ2n) is 5.69. The van der Waals surface area contributed by atoms with Crippen molar-refractivity contribution in [1.82, 2.24) is 0 Å². The van der Waals surface area contributed by atoms with Gasteiger partial charge in [0.2, 0.25) is 5.91 Å². The summed E-state index contributed by atoms with van der Waals surface area (Å²) in [5, 5.41) is 2.75. The van der Waals surface area contributed by atoms with Crippen LogP contribution in [-0.4, -0.2) is 25.5 Å². The second-order valence-corrected chi connectivity index (χ2v) is 5.69. The molecule has 1 rings (SSSR count). The summed E-state index contributed by atoms with van der Waals surface area (Å²) in [5.41, 5.74) is 6.44. The summed E-state index contributed by atoms with van der Waals surface area (Å²) < 4.78 is 14.1. The van der Waals surface area contributed by atoms with Crippen LogP contribution in [0.2, 0.25) is 0 Å². The van der Waals surface area contributed by atoms with Crippen molar-refractivity contribution < 1.29 is 9.18 Å². The van der Waals surface area contributed by atoms with Gasteiger partial charge in [0.25, 0.3) is 0 Å². The molecule has 0 aliphatic carbocycles. The van der Waals surface area contributed by atoms with Crippen LogP contribution in [-0.2, 0) is 4.79 Å². The lowest BCUT2D eigenvalue weighted by molar-refractivity contribution is -0.119. The number of halogens is 1. The molecule has 1 amide bonds. The van der Waals surface area contributed by atoms with Crippen molar-refractivity contribution in [3.63, 3.8) is 0 Å². The molecule has 118 valence electrons. The van der Waals surface area contributed by atoms with Gasteiger partial charge < -0.3 is 16.0 Å². The zero-order chi connectivity index (χ0) is 16.0. The Morgan fingerprint density at radius 3 is 2.57 bits per heavy atom. The molecule has 0 saturated heterocycles. The quantitative estimate of drug-likeness (QED) is 0.813. The Hall–Kier alpha value is -1.62. The van der Waals surface area contributed by atoms with Crippen LogP contribution >= 0.6 is 0 Å². The maximum Gasteiger partial charge on any atom is 0.227 e. The molecule has 0 bridgehead atoms. The Labute approximate surface area is 126 Å². The summed E-state index contributed by atoms with van der Waals surface area (Å²) >= 11 is 0. The molecule has 1 atom stereocenters. The van der Waals surface area contributed by atoms with E-state index in [-0.39, 0.29) is 23.7 Å². The highest BCUT2D eigenvalue weighted by Crippen LogP contribution is 2.23. The smallest absolute Gasteiger partial charge is 0.227 e. The number of carbonyl (C=O) groups excluding carboxylic acids is 1. The first kappa shape index (κ1) is 17.4. The van der Waals surface area contributed by atoms with E-state index in [1.807, 2.05) is 32.7 Å². The van der Waals surface area contributed by atoms with E-state index in [4.69, 9.17) is 5.73 Å². The number of carbonyl (C=O) groups is 1. The highest BCUT2D eigenvalue weighted by atomic mass is 19.1. The lowest BCUT2D eigenvalue weighted by Crippen LogP contribution is -2.26. The van der Waals surface area contributed by atoms with Gasteiger partial charge in [0.05, 0.1) is 5.69 Å². The minimum atomic E-state index is -0.335. The molecule has 0 radical (unpaired) electrons. The molecular weight excluding hydrogens is 269 g/mol. The van der Waals surface area contributed by atoms with Gasteiger partial charge in [0.1, 0.15) is 5.82 Å². The van der Waals surface area contributed by atoms with Gasteiger partial charge in [-0.05, 0) is 51.4 Å². The molecule has 0 saturated carbocycles. The van der Waals surface area contributed by atoms with Crippen LogP contribution in [0.25, 0.3) is 0 Å². The zero-order valence-corrected chi connectivity index (χ0v) is 13.3. The molecule has 1 unspecified atom stereocenters. The van der Waals surface area contributed by atoms with Crippen molar-refractivity contribution in [2.75, 3.05) is 23.8 Å². The van der Waals surface area contributed by atoms with Gasteiger partial charge in [-0.1, -0.05) is 6.92 Å². The third kappa shape index (κ3) is 5.01. The summed E-state index contributed by atoms with van der Waals surface area (Å²) in [7, 11) is 1.84. The second kappa shape index (κ2) is 7.98. The molecule has 3 N–H and O–H groups in total. The molecule has 0 spiro atoms. The number of nitrogens with zero attached hydrogens (tertiary/aromatic N) is 1. The fraction of sp³-hybridized carbons (Fsp3) is 0.562. The van der Waals surface area contributed by atoms with Crippen LogP contribution < -0.4 is 16.0 Å². The standard InChI is InChI=1S/C16H26FN3O/c1-11(2)20(4)15-8-7-13(10-14(15)17)19-16(21)12(3)6-5-9-18/h7-8,10-12H,5-6,9,18H2,1-4H3,(H,19,21). The molecule has 4 nitrogen and oxygen atoms in total. The molecule has 21 heavy (non-hydrogen) atoms. The van der Waals surface area contributed by atoms with E-state index in [2.05, 4.69) is 5.32 Å². The highest BCUT2D eigenvalue weighted by molar-refractivity contribution is 5.92. The number of rotatable bonds is 7. The number of nitrogens with two attached hydrogens (primary N) is 1. The number of nitrogens with one attached hydrogen (secondary N) is 1. The van der Waals surface area contributed by atoms with Crippen molar-refractivity contribution in [3.8, 4) is 0 Å². The molecule has 0 fully saturated rings. The average molecular weight is 295 g/mol. The van der Waals surface area contributed by atoms with E-state index in [0.717, 1.165) is 12.8 Å². The van der Waals surface area contributed by atoms with Gasteiger partial charge in [0.15, 0.2) is 0 Å².